The van der Waals surface area contributed by atoms with Crippen LogP contribution in [0.5, 0.6) is 0 Å². The molecule has 20 heavy (non-hydrogen) atoms. The van der Waals surface area contributed by atoms with Crippen LogP contribution in [0.3, 0.4) is 0 Å². The van der Waals surface area contributed by atoms with Crippen molar-refractivity contribution in [2.45, 2.75) is 19.4 Å². The first-order valence-electron chi connectivity index (χ1n) is 6.80. The summed E-state index contributed by atoms with van der Waals surface area (Å²) in [5, 5.41) is 10.2. The zero-order valence-corrected chi connectivity index (χ0v) is 12.6. The number of anilines is 1. The molecule has 3 heteroatoms. The average Bonchev–Trinajstić information content (AvgIpc) is 2.45. The van der Waals surface area contributed by atoms with Crippen molar-refractivity contribution >= 4 is 17.3 Å². The summed E-state index contributed by atoms with van der Waals surface area (Å²) in [5.41, 5.74) is 3.15. The minimum Gasteiger partial charge on any atom is -0.389 e. The fraction of sp³-hybridized carbons (Fsp3) is 0.294. The van der Waals surface area contributed by atoms with E-state index in [1.807, 2.05) is 31.3 Å². The van der Waals surface area contributed by atoms with Crippen LogP contribution in [-0.4, -0.2) is 18.7 Å². The Morgan fingerprint density at radius 1 is 1.15 bits per heavy atom. The number of rotatable bonds is 5. The molecule has 0 heterocycles. The molecule has 0 amide bonds. The van der Waals surface area contributed by atoms with Crippen molar-refractivity contribution in [1.82, 2.24) is 0 Å². The van der Waals surface area contributed by atoms with Crippen molar-refractivity contribution in [3.8, 4) is 0 Å². The van der Waals surface area contributed by atoms with Crippen LogP contribution in [0.15, 0.2) is 48.5 Å². The van der Waals surface area contributed by atoms with Gasteiger partial charge in [0.25, 0.3) is 0 Å². The van der Waals surface area contributed by atoms with Crippen LogP contribution in [-0.2, 0) is 6.42 Å². The van der Waals surface area contributed by atoms with Crippen molar-refractivity contribution in [1.29, 1.82) is 0 Å². The summed E-state index contributed by atoms with van der Waals surface area (Å²) in [7, 11) is 2.03. The van der Waals surface area contributed by atoms with Crippen LogP contribution < -0.4 is 4.90 Å². The number of nitrogens with zero attached hydrogens (tertiary/aromatic N) is 1. The van der Waals surface area contributed by atoms with E-state index in [-0.39, 0.29) is 0 Å². The number of benzene rings is 2. The predicted molar refractivity (Wildman–Crippen MR) is 85.5 cm³/mol. The standard InChI is InChI=1S/C17H20ClNO/c1-13(20)15-8-9-17(16(18)12-15)19(2)11-10-14-6-4-3-5-7-14/h3-9,12-13,20H,10-11H2,1-2H3/t13-/m0/s1. The Hall–Kier alpha value is -1.51. The molecule has 1 N–H and O–H groups in total. The first-order chi connectivity index (χ1) is 9.58. The van der Waals surface area contributed by atoms with Crippen LogP contribution in [0.25, 0.3) is 0 Å². The van der Waals surface area contributed by atoms with Gasteiger partial charge in [0.05, 0.1) is 16.8 Å². The fourth-order valence-corrected chi connectivity index (χ4v) is 2.49. The quantitative estimate of drug-likeness (QED) is 0.897. The normalized spacial score (nSPS) is 12.2. The highest BCUT2D eigenvalue weighted by atomic mass is 35.5. The van der Waals surface area contributed by atoms with E-state index >= 15 is 0 Å². The molecule has 0 saturated heterocycles. The summed E-state index contributed by atoms with van der Waals surface area (Å²) >= 11 is 6.30. The van der Waals surface area contributed by atoms with E-state index in [4.69, 9.17) is 11.6 Å². The van der Waals surface area contributed by atoms with Gasteiger partial charge < -0.3 is 10.0 Å². The van der Waals surface area contributed by atoms with Gasteiger partial charge in [-0.1, -0.05) is 48.0 Å². The van der Waals surface area contributed by atoms with E-state index in [1.165, 1.54) is 5.56 Å². The molecule has 2 rings (SSSR count). The molecule has 106 valence electrons. The Kier molecular flexibility index (Phi) is 5.05. The molecule has 0 radical (unpaired) electrons. The third-order valence-electron chi connectivity index (χ3n) is 3.44. The van der Waals surface area contributed by atoms with Crippen LogP contribution in [0.4, 0.5) is 5.69 Å². The van der Waals surface area contributed by atoms with Gasteiger partial charge in [-0.3, -0.25) is 0 Å². The van der Waals surface area contributed by atoms with Crippen molar-refractivity contribution in [3.05, 3.63) is 64.7 Å². The molecule has 0 bridgehead atoms. The van der Waals surface area contributed by atoms with Gasteiger partial charge in [-0.2, -0.15) is 0 Å². The Morgan fingerprint density at radius 3 is 2.45 bits per heavy atom. The molecule has 0 aliphatic carbocycles. The smallest absolute Gasteiger partial charge is 0.0762 e. The maximum absolute atomic E-state index is 9.56. The van der Waals surface area contributed by atoms with Gasteiger partial charge in [-0.15, -0.1) is 0 Å². The molecule has 0 aromatic heterocycles. The Labute approximate surface area is 125 Å². The highest BCUT2D eigenvalue weighted by molar-refractivity contribution is 6.33. The molecule has 2 aromatic rings. The Morgan fingerprint density at radius 2 is 1.85 bits per heavy atom. The lowest BCUT2D eigenvalue weighted by Gasteiger charge is -2.21. The lowest BCUT2D eigenvalue weighted by atomic mass is 10.1. The maximum atomic E-state index is 9.56. The van der Waals surface area contributed by atoms with E-state index in [0.717, 1.165) is 24.2 Å². The summed E-state index contributed by atoms with van der Waals surface area (Å²) in [6.07, 6.45) is 0.488. The van der Waals surface area contributed by atoms with Crippen molar-refractivity contribution in [2.24, 2.45) is 0 Å². The van der Waals surface area contributed by atoms with Crippen molar-refractivity contribution in [3.63, 3.8) is 0 Å². The Bertz CT molecular complexity index is 554. The first-order valence-corrected chi connectivity index (χ1v) is 7.18. The topological polar surface area (TPSA) is 23.5 Å². The summed E-state index contributed by atoms with van der Waals surface area (Å²) in [5.74, 6) is 0. The average molecular weight is 290 g/mol. The number of halogens is 1. The number of hydrogen-bond acceptors (Lipinski definition) is 2. The van der Waals surface area contributed by atoms with Gasteiger partial charge >= 0.3 is 0 Å². The molecule has 0 fully saturated rings. The minimum atomic E-state index is -0.490. The number of aliphatic hydroxyl groups excluding tert-OH is 1. The number of likely N-dealkylation sites (N-methyl/N-ethyl adjacent to an activating group) is 1. The van der Waals surface area contributed by atoms with E-state index in [1.54, 1.807) is 6.92 Å². The maximum Gasteiger partial charge on any atom is 0.0762 e. The van der Waals surface area contributed by atoms with Crippen molar-refractivity contribution < 1.29 is 5.11 Å². The van der Waals surface area contributed by atoms with Gasteiger partial charge in [0.15, 0.2) is 0 Å². The van der Waals surface area contributed by atoms with E-state index in [9.17, 15) is 5.11 Å². The molecule has 0 saturated carbocycles. The van der Waals surface area contributed by atoms with Crippen LogP contribution >= 0.6 is 11.6 Å². The highest BCUT2D eigenvalue weighted by Crippen LogP contribution is 2.28. The summed E-state index contributed by atoms with van der Waals surface area (Å²) < 4.78 is 0. The van der Waals surface area contributed by atoms with Gasteiger partial charge in [0, 0.05) is 13.6 Å². The monoisotopic (exact) mass is 289 g/mol. The number of hydrogen-bond donors (Lipinski definition) is 1. The second kappa shape index (κ2) is 6.78. The van der Waals surface area contributed by atoms with Gasteiger partial charge in [-0.25, -0.2) is 0 Å². The molecule has 1 atom stereocenters. The first kappa shape index (κ1) is 14.9. The molecule has 0 aliphatic rings. The zero-order valence-electron chi connectivity index (χ0n) is 11.9. The number of aliphatic hydroxyl groups is 1. The summed E-state index contributed by atoms with van der Waals surface area (Å²) in [6.45, 7) is 2.64. The second-order valence-electron chi connectivity index (χ2n) is 5.04. The van der Waals surface area contributed by atoms with E-state index in [2.05, 4.69) is 29.2 Å². The lowest BCUT2D eigenvalue weighted by Crippen LogP contribution is -2.20. The van der Waals surface area contributed by atoms with Gasteiger partial charge in [0.2, 0.25) is 0 Å². The SMILES string of the molecule is C[C@H](O)c1ccc(N(C)CCc2ccccc2)c(Cl)c1. The molecular weight excluding hydrogens is 270 g/mol. The van der Waals surface area contributed by atoms with Gasteiger partial charge in [0.1, 0.15) is 0 Å². The molecule has 0 unspecified atom stereocenters. The van der Waals surface area contributed by atoms with Crippen LogP contribution in [0, 0.1) is 0 Å². The molecule has 0 spiro atoms. The van der Waals surface area contributed by atoms with E-state index in [0.29, 0.717) is 5.02 Å². The highest BCUT2D eigenvalue weighted by Gasteiger charge is 2.09. The predicted octanol–water partition coefficient (Wildman–Crippen LogP) is 4.07. The third-order valence-corrected chi connectivity index (χ3v) is 3.75. The second-order valence-corrected chi connectivity index (χ2v) is 5.45. The molecule has 2 nitrogen and oxygen atoms in total. The van der Waals surface area contributed by atoms with Crippen LogP contribution in [0.1, 0.15) is 24.2 Å². The minimum absolute atomic E-state index is 0.490. The summed E-state index contributed by atoms with van der Waals surface area (Å²) in [6, 6.07) is 16.1. The molecule has 2 aromatic carbocycles. The molecule has 0 aliphatic heterocycles. The fourth-order valence-electron chi connectivity index (χ4n) is 2.15. The Balaban J connectivity index is 2.04. The van der Waals surface area contributed by atoms with Crippen molar-refractivity contribution in [2.75, 3.05) is 18.5 Å². The van der Waals surface area contributed by atoms with E-state index < -0.39 is 6.10 Å². The zero-order chi connectivity index (χ0) is 14.5. The third kappa shape index (κ3) is 3.75. The summed E-state index contributed by atoms with van der Waals surface area (Å²) in [4.78, 5) is 2.14. The van der Waals surface area contributed by atoms with Gasteiger partial charge in [-0.05, 0) is 36.6 Å². The largest absolute Gasteiger partial charge is 0.389 e. The lowest BCUT2D eigenvalue weighted by molar-refractivity contribution is 0.199. The van der Waals surface area contributed by atoms with Crippen LogP contribution in [0.2, 0.25) is 5.02 Å². The molecular formula is C17H20ClNO.